The zero-order valence-electron chi connectivity index (χ0n) is 7.03. The van der Waals surface area contributed by atoms with Crippen LogP contribution in [0.3, 0.4) is 0 Å². The summed E-state index contributed by atoms with van der Waals surface area (Å²) in [4.78, 5) is 6.06. The molecule has 0 saturated carbocycles. The molecule has 2 aromatic rings. The van der Waals surface area contributed by atoms with Crippen molar-refractivity contribution in [3.05, 3.63) is 22.2 Å². The van der Waals surface area contributed by atoms with Crippen molar-refractivity contribution in [3.63, 3.8) is 0 Å². The molecule has 0 unspecified atom stereocenters. The van der Waals surface area contributed by atoms with Gasteiger partial charge in [-0.3, -0.25) is 4.55 Å². The smallest absolute Gasteiger partial charge is 0.327 e. The van der Waals surface area contributed by atoms with Crippen molar-refractivity contribution in [2.75, 3.05) is 0 Å². The van der Waals surface area contributed by atoms with Gasteiger partial charge in [0.2, 0.25) is 0 Å². The monoisotopic (exact) mass is 266 g/mol. The van der Waals surface area contributed by atoms with Crippen molar-refractivity contribution >= 4 is 44.4 Å². The van der Waals surface area contributed by atoms with E-state index in [4.69, 9.17) is 27.8 Å². The van der Waals surface area contributed by atoms with E-state index in [1.54, 1.807) is 0 Å². The molecule has 2 N–H and O–H groups in total. The average Bonchev–Trinajstić information content (AvgIpc) is 2.47. The molecule has 0 radical (unpaired) electrons. The number of benzene rings is 1. The minimum Gasteiger partial charge on any atom is -0.327 e. The molecular formula is C7H4Cl2N2O3S. The summed E-state index contributed by atoms with van der Waals surface area (Å²) in [5.41, 5.74) is 0.703. The summed E-state index contributed by atoms with van der Waals surface area (Å²) >= 11 is 11.4. The summed E-state index contributed by atoms with van der Waals surface area (Å²) in [5, 5.41) is 0.00286. The lowest BCUT2D eigenvalue weighted by atomic mass is 10.3. The predicted molar refractivity (Wildman–Crippen MR) is 55.9 cm³/mol. The molecule has 0 spiro atoms. The Balaban J connectivity index is 2.77. The number of hydrogen-bond donors (Lipinski definition) is 2. The lowest BCUT2D eigenvalue weighted by molar-refractivity contribution is 0.476. The van der Waals surface area contributed by atoms with E-state index in [9.17, 15) is 8.42 Å². The maximum atomic E-state index is 10.8. The van der Waals surface area contributed by atoms with E-state index in [0.29, 0.717) is 11.0 Å². The highest BCUT2D eigenvalue weighted by Gasteiger charge is 2.15. The lowest BCUT2D eigenvalue weighted by Gasteiger charge is -1.92. The van der Waals surface area contributed by atoms with Gasteiger partial charge in [-0.1, -0.05) is 23.2 Å². The molecule has 15 heavy (non-hydrogen) atoms. The van der Waals surface area contributed by atoms with Crippen LogP contribution < -0.4 is 0 Å². The summed E-state index contributed by atoms with van der Waals surface area (Å²) < 4.78 is 30.3. The Morgan fingerprint density at radius 1 is 1.27 bits per heavy atom. The molecule has 0 fully saturated rings. The normalized spacial score (nSPS) is 12.2. The Morgan fingerprint density at radius 3 is 2.47 bits per heavy atom. The van der Waals surface area contributed by atoms with Gasteiger partial charge in [-0.2, -0.15) is 8.42 Å². The number of hydrogen-bond acceptors (Lipinski definition) is 3. The van der Waals surface area contributed by atoms with Crippen LogP contribution >= 0.6 is 23.2 Å². The first kappa shape index (κ1) is 10.7. The Hall–Kier alpha value is -0.820. The standard InChI is InChI=1S/C7H4Cl2N2O3S/c8-3-1-5-6(2-4(3)9)11-7(10-5)15(12,13)14/h1-2H,(H,10,11)(H,12,13,14). The summed E-state index contributed by atoms with van der Waals surface area (Å²) in [6.45, 7) is 0. The molecule has 1 aromatic carbocycles. The molecule has 8 heteroatoms. The molecular weight excluding hydrogens is 263 g/mol. The fourth-order valence-corrected chi connectivity index (χ4v) is 1.88. The topological polar surface area (TPSA) is 83.1 Å². The third-order valence-electron chi connectivity index (χ3n) is 1.75. The van der Waals surface area contributed by atoms with Crippen molar-refractivity contribution < 1.29 is 13.0 Å². The Labute approximate surface area is 94.8 Å². The van der Waals surface area contributed by atoms with Gasteiger partial charge in [0.25, 0.3) is 5.16 Å². The number of H-pyrrole nitrogens is 1. The van der Waals surface area contributed by atoms with E-state index >= 15 is 0 Å². The first-order chi connectivity index (χ1) is 6.88. The maximum absolute atomic E-state index is 10.8. The molecule has 0 saturated heterocycles. The third kappa shape index (κ3) is 1.93. The predicted octanol–water partition coefficient (Wildman–Crippen LogP) is 2.12. The van der Waals surface area contributed by atoms with E-state index in [-0.39, 0.29) is 10.0 Å². The molecule has 0 aliphatic heterocycles. The highest BCUT2D eigenvalue weighted by Crippen LogP contribution is 2.27. The first-order valence-corrected chi connectivity index (χ1v) is 5.90. The fourth-order valence-electron chi connectivity index (χ4n) is 1.10. The van der Waals surface area contributed by atoms with Crippen molar-refractivity contribution in [3.8, 4) is 0 Å². The van der Waals surface area contributed by atoms with Crippen molar-refractivity contribution in [1.29, 1.82) is 0 Å². The SMILES string of the molecule is O=S(=O)(O)c1nc2cc(Cl)c(Cl)cc2[nH]1. The number of nitrogens with zero attached hydrogens (tertiary/aromatic N) is 1. The van der Waals surface area contributed by atoms with E-state index in [2.05, 4.69) is 9.97 Å². The van der Waals surface area contributed by atoms with E-state index in [1.165, 1.54) is 12.1 Å². The Kier molecular flexibility index (Phi) is 2.38. The molecule has 1 aromatic heterocycles. The number of aromatic nitrogens is 2. The molecule has 0 aliphatic rings. The molecule has 0 amide bonds. The van der Waals surface area contributed by atoms with Gasteiger partial charge < -0.3 is 4.98 Å². The van der Waals surface area contributed by atoms with Gasteiger partial charge in [0.15, 0.2) is 0 Å². The van der Waals surface area contributed by atoms with Gasteiger partial charge in [0, 0.05) is 0 Å². The van der Waals surface area contributed by atoms with Gasteiger partial charge in [0.05, 0.1) is 21.1 Å². The van der Waals surface area contributed by atoms with Crippen LogP contribution in [-0.4, -0.2) is 22.9 Å². The highest BCUT2D eigenvalue weighted by atomic mass is 35.5. The van der Waals surface area contributed by atoms with E-state index in [0.717, 1.165) is 0 Å². The molecule has 2 rings (SSSR count). The fraction of sp³-hybridized carbons (Fsp3) is 0. The molecule has 0 aliphatic carbocycles. The Morgan fingerprint density at radius 2 is 1.87 bits per heavy atom. The molecule has 0 bridgehead atoms. The second kappa shape index (κ2) is 3.34. The molecule has 1 heterocycles. The quantitative estimate of drug-likeness (QED) is 0.775. The van der Waals surface area contributed by atoms with Crippen molar-refractivity contribution in [1.82, 2.24) is 9.97 Å². The summed E-state index contributed by atoms with van der Waals surface area (Å²) in [7, 11) is -4.34. The van der Waals surface area contributed by atoms with Gasteiger partial charge in [-0.25, -0.2) is 4.98 Å². The second-order valence-corrected chi connectivity index (χ2v) is 4.95. The number of fused-ring (bicyclic) bond motifs is 1. The van der Waals surface area contributed by atoms with Crippen LogP contribution in [-0.2, 0) is 10.1 Å². The van der Waals surface area contributed by atoms with E-state index < -0.39 is 15.3 Å². The third-order valence-corrected chi connectivity index (χ3v) is 3.15. The van der Waals surface area contributed by atoms with Crippen LogP contribution in [0.25, 0.3) is 11.0 Å². The molecule has 80 valence electrons. The largest absolute Gasteiger partial charge is 0.328 e. The van der Waals surface area contributed by atoms with Gasteiger partial charge >= 0.3 is 10.1 Å². The second-order valence-electron chi connectivity index (χ2n) is 2.80. The molecule has 5 nitrogen and oxygen atoms in total. The van der Waals surface area contributed by atoms with Crippen molar-refractivity contribution in [2.45, 2.75) is 5.16 Å². The number of nitrogens with one attached hydrogen (secondary N) is 1. The zero-order chi connectivity index (χ0) is 11.2. The number of rotatable bonds is 1. The summed E-state index contributed by atoms with van der Waals surface area (Å²) in [5.74, 6) is 0. The summed E-state index contributed by atoms with van der Waals surface area (Å²) in [6, 6.07) is 2.84. The Bertz CT molecular complexity index is 596. The minimum atomic E-state index is -4.34. The van der Waals surface area contributed by atoms with Crippen LogP contribution in [0, 0.1) is 0 Å². The van der Waals surface area contributed by atoms with Gasteiger partial charge in [0.1, 0.15) is 0 Å². The van der Waals surface area contributed by atoms with Crippen LogP contribution in [0.4, 0.5) is 0 Å². The minimum absolute atomic E-state index is 0.262. The maximum Gasteiger partial charge on any atom is 0.328 e. The van der Waals surface area contributed by atoms with Crippen LogP contribution in [0.5, 0.6) is 0 Å². The van der Waals surface area contributed by atoms with E-state index in [1.807, 2.05) is 0 Å². The van der Waals surface area contributed by atoms with Gasteiger partial charge in [-0.05, 0) is 12.1 Å². The summed E-state index contributed by atoms with van der Waals surface area (Å²) in [6.07, 6.45) is 0. The van der Waals surface area contributed by atoms with Crippen LogP contribution in [0.1, 0.15) is 0 Å². The zero-order valence-corrected chi connectivity index (χ0v) is 9.36. The first-order valence-electron chi connectivity index (χ1n) is 3.70. The van der Waals surface area contributed by atoms with Crippen LogP contribution in [0.2, 0.25) is 10.0 Å². The van der Waals surface area contributed by atoms with Gasteiger partial charge in [-0.15, -0.1) is 0 Å². The number of imidazole rings is 1. The van der Waals surface area contributed by atoms with Crippen LogP contribution in [0.15, 0.2) is 17.3 Å². The molecule has 0 atom stereocenters. The average molecular weight is 267 g/mol. The number of halogens is 2. The lowest BCUT2D eigenvalue weighted by Crippen LogP contribution is -1.99. The number of aromatic amines is 1. The van der Waals surface area contributed by atoms with Crippen molar-refractivity contribution in [2.24, 2.45) is 0 Å². The highest BCUT2D eigenvalue weighted by molar-refractivity contribution is 7.85.